The van der Waals surface area contributed by atoms with Gasteiger partial charge in [0.25, 0.3) is 11.8 Å². The number of aliphatic imine (C=N–C) groups is 1. The highest BCUT2D eigenvalue weighted by atomic mass is 16.2. The lowest BCUT2D eigenvalue weighted by Gasteiger charge is -2.17. The van der Waals surface area contributed by atoms with Gasteiger partial charge in [-0.2, -0.15) is 0 Å². The van der Waals surface area contributed by atoms with Crippen molar-refractivity contribution in [1.82, 2.24) is 15.3 Å². The van der Waals surface area contributed by atoms with Crippen molar-refractivity contribution in [1.29, 1.82) is 0 Å². The van der Waals surface area contributed by atoms with Crippen LogP contribution in [-0.2, 0) is 11.2 Å². The van der Waals surface area contributed by atoms with Gasteiger partial charge in [-0.3, -0.25) is 14.6 Å². The third-order valence-electron chi connectivity index (χ3n) is 3.54. The van der Waals surface area contributed by atoms with Crippen molar-refractivity contribution in [3.63, 3.8) is 0 Å². The second-order valence-corrected chi connectivity index (χ2v) is 6.33. The molecule has 0 saturated heterocycles. The lowest BCUT2D eigenvalue weighted by Crippen LogP contribution is -2.41. The van der Waals surface area contributed by atoms with Crippen LogP contribution in [0.3, 0.4) is 0 Å². The number of aromatic nitrogens is 2. The minimum absolute atomic E-state index is 0.0809. The number of rotatable bonds is 7. The second kappa shape index (κ2) is 9.60. The standard InChI is InChI=1S/C19H21BN4O2/c1-13(2)10-17(20)24-18(25)15(11-14-6-4-3-5-7-14)23-19(26)16-12-21-8-9-22-16/h3-9,12-13,17H,10-11H2,1-2H3,(H,24,25)/t17-/m0/s1. The average Bonchev–Trinajstić information content (AvgIpc) is 2.62. The molecule has 0 aliphatic rings. The maximum atomic E-state index is 12.6. The normalized spacial score (nSPS) is 12.7. The minimum Gasteiger partial charge on any atom is -0.357 e. The van der Waals surface area contributed by atoms with Gasteiger partial charge in [-0.05, 0) is 23.8 Å². The Morgan fingerprint density at radius 2 is 1.92 bits per heavy atom. The van der Waals surface area contributed by atoms with E-state index in [1.54, 1.807) is 0 Å². The molecule has 0 aliphatic carbocycles. The molecule has 0 fully saturated rings. The molecule has 2 aromatic rings. The van der Waals surface area contributed by atoms with E-state index in [0.717, 1.165) is 5.56 Å². The summed E-state index contributed by atoms with van der Waals surface area (Å²) in [5.41, 5.74) is 1.04. The van der Waals surface area contributed by atoms with Crippen LogP contribution in [-0.4, -0.2) is 41.3 Å². The molecule has 0 bridgehead atoms. The van der Waals surface area contributed by atoms with Crippen LogP contribution >= 0.6 is 0 Å². The van der Waals surface area contributed by atoms with E-state index in [2.05, 4.69) is 20.3 Å². The van der Waals surface area contributed by atoms with Gasteiger partial charge in [0.1, 0.15) is 11.4 Å². The van der Waals surface area contributed by atoms with Crippen LogP contribution in [0, 0.1) is 5.92 Å². The molecule has 7 heteroatoms. The number of carbonyl (C=O) groups is 2. The predicted octanol–water partition coefficient (Wildman–Crippen LogP) is 1.96. The lowest BCUT2D eigenvalue weighted by atomic mass is 9.88. The quantitative estimate of drug-likeness (QED) is 0.612. The van der Waals surface area contributed by atoms with E-state index >= 15 is 0 Å². The summed E-state index contributed by atoms with van der Waals surface area (Å²) in [5.74, 6) is -1.24. The zero-order valence-corrected chi connectivity index (χ0v) is 14.9. The van der Waals surface area contributed by atoms with Gasteiger partial charge < -0.3 is 5.32 Å². The first-order valence-corrected chi connectivity index (χ1v) is 8.44. The number of nitrogens with zero attached hydrogens (tertiary/aromatic N) is 3. The fraction of sp³-hybridized carbons (Fsp3) is 0.316. The molecule has 1 atom stereocenters. The Morgan fingerprint density at radius 3 is 2.54 bits per heavy atom. The summed E-state index contributed by atoms with van der Waals surface area (Å²) in [4.78, 5) is 36.7. The van der Waals surface area contributed by atoms with E-state index in [1.807, 2.05) is 44.2 Å². The van der Waals surface area contributed by atoms with Crippen LogP contribution in [0.1, 0.15) is 36.3 Å². The van der Waals surface area contributed by atoms with Crippen molar-refractivity contribution in [3.8, 4) is 0 Å². The first-order chi connectivity index (χ1) is 12.5. The Labute approximate surface area is 154 Å². The van der Waals surface area contributed by atoms with Crippen LogP contribution in [0.4, 0.5) is 0 Å². The van der Waals surface area contributed by atoms with Crippen molar-refractivity contribution in [2.24, 2.45) is 10.9 Å². The maximum Gasteiger partial charge on any atom is 0.297 e. The molecule has 2 radical (unpaired) electrons. The van der Waals surface area contributed by atoms with Crippen molar-refractivity contribution in [3.05, 3.63) is 60.2 Å². The van der Waals surface area contributed by atoms with Gasteiger partial charge >= 0.3 is 0 Å². The van der Waals surface area contributed by atoms with Gasteiger partial charge in [-0.1, -0.05) is 44.2 Å². The van der Waals surface area contributed by atoms with E-state index in [-0.39, 0.29) is 17.8 Å². The van der Waals surface area contributed by atoms with Gasteiger partial charge in [0.05, 0.1) is 14.0 Å². The number of nitrogens with one attached hydrogen (secondary N) is 1. The average molecular weight is 348 g/mol. The highest BCUT2D eigenvalue weighted by Crippen LogP contribution is 2.06. The zero-order chi connectivity index (χ0) is 18.9. The fourth-order valence-electron chi connectivity index (χ4n) is 2.37. The molecule has 6 nitrogen and oxygen atoms in total. The molecule has 1 N–H and O–H groups in total. The molecular weight excluding hydrogens is 327 g/mol. The summed E-state index contributed by atoms with van der Waals surface area (Å²) >= 11 is 0. The molecule has 1 aromatic carbocycles. The van der Waals surface area contributed by atoms with E-state index in [4.69, 9.17) is 7.85 Å². The molecule has 2 rings (SSSR count). The summed E-state index contributed by atoms with van der Waals surface area (Å²) in [6, 6.07) is 9.33. The zero-order valence-electron chi connectivity index (χ0n) is 14.9. The van der Waals surface area contributed by atoms with Crippen molar-refractivity contribution in [2.75, 3.05) is 0 Å². The molecule has 132 valence electrons. The molecule has 2 amide bonds. The molecule has 0 aliphatic heterocycles. The molecule has 0 saturated carbocycles. The summed E-state index contributed by atoms with van der Waals surface area (Å²) in [5, 5.41) is 2.71. The van der Waals surface area contributed by atoms with Crippen LogP contribution in [0.15, 0.2) is 53.9 Å². The monoisotopic (exact) mass is 348 g/mol. The Bertz CT molecular complexity index is 764. The largest absolute Gasteiger partial charge is 0.357 e. The maximum absolute atomic E-state index is 12.6. The van der Waals surface area contributed by atoms with Gasteiger partial charge in [-0.25, -0.2) is 9.98 Å². The highest BCUT2D eigenvalue weighted by molar-refractivity contribution is 6.42. The van der Waals surface area contributed by atoms with Crippen LogP contribution < -0.4 is 5.32 Å². The van der Waals surface area contributed by atoms with E-state index in [1.165, 1.54) is 18.6 Å². The van der Waals surface area contributed by atoms with Gasteiger partial charge in [-0.15, -0.1) is 0 Å². The Balaban J connectivity index is 2.22. The van der Waals surface area contributed by atoms with Gasteiger partial charge in [0, 0.05) is 18.8 Å². The molecule has 0 spiro atoms. The van der Waals surface area contributed by atoms with Crippen molar-refractivity contribution < 1.29 is 9.59 Å². The second-order valence-electron chi connectivity index (χ2n) is 6.33. The topological polar surface area (TPSA) is 84.3 Å². The lowest BCUT2D eigenvalue weighted by molar-refractivity contribution is -0.115. The van der Waals surface area contributed by atoms with E-state index < -0.39 is 17.8 Å². The number of hydrogen-bond donors (Lipinski definition) is 1. The third kappa shape index (κ3) is 6.24. The van der Waals surface area contributed by atoms with Gasteiger partial charge in [0.2, 0.25) is 0 Å². The van der Waals surface area contributed by atoms with Crippen LogP contribution in [0.2, 0.25) is 0 Å². The van der Waals surface area contributed by atoms with Crippen LogP contribution in [0.5, 0.6) is 0 Å². The third-order valence-corrected chi connectivity index (χ3v) is 3.54. The summed E-state index contributed by atoms with van der Waals surface area (Å²) in [7, 11) is 5.95. The highest BCUT2D eigenvalue weighted by Gasteiger charge is 2.18. The summed E-state index contributed by atoms with van der Waals surface area (Å²) in [6.07, 6.45) is 5.02. The van der Waals surface area contributed by atoms with Crippen LogP contribution in [0.25, 0.3) is 0 Å². The molecular formula is C19H21BN4O2. The number of benzene rings is 1. The number of hydrogen-bond acceptors (Lipinski definition) is 4. The Morgan fingerprint density at radius 1 is 1.19 bits per heavy atom. The SMILES string of the molecule is [B][C@H](CC(C)C)NC(=O)C(Cc1ccccc1)=NC(=O)c1cnccn1. The van der Waals surface area contributed by atoms with E-state index in [9.17, 15) is 9.59 Å². The first-order valence-electron chi connectivity index (χ1n) is 8.44. The summed E-state index contributed by atoms with van der Waals surface area (Å²) < 4.78 is 0. The minimum atomic E-state index is -0.614. The molecule has 1 aromatic heterocycles. The molecule has 26 heavy (non-hydrogen) atoms. The summed E-state index contributed by atoms with van der Waals surface area (Å²) in [6.45, 7) is 4.03. The smallest absolute Gasteiger partial charge is 0.297 e. The Kier molecular flexibility index (Phi) is 7.20. The van der Waals surface area contributed by atoms with Crippen molar-refractivity contribution in [2.45, 2.75) is 32.6 Å². The van der Waals surface area contributed by atoms with E-state index in [0.29, 0.717) is 12.3 Å². The number of amides is 2. The molecule has 1 heterocycles. The predicted molar refractivity (Wildman–Crippen MR) is 101 cm³/mol. The molecule has 0 unspecified atom stereocenters. The number of carbonyl (C=O) groups excluding carboxylic acids is 2. The fourth-order valence-corrected chi connectivity index (χ4v) is 2.37. The van der Waals surface area contributed by atoms with Gasteiger partial charge in [0.15, 0.2) is 0 Å². The Hall–Kier alpha value is -2.83. The first kappa shape index (κ1) is 19.5. The van der Waals surface area contributed by atoms with Crippen molar-refractivity contribution >= 4 is 25.4 Å².